The van der Waals surface area contributed by atoms with Crippen LogP contribution in [-0.2, 0) is 0 Å². The zero-order valence-corrected chi connectivity index (χ0v) is 17.5. The lowest BCUT2D eigenvalue weighted by molar-refractivity contribution is -0.232. The van der Waals surface area contributed by atoms with Crippen LogP contribution in [-0.4, -0.2) is 28.1 Å². The molecular formula is C25H25F3N2O. The molecule has 3 aromatic rings. The van der Waals surface area contributed by atoms with Crippen LogP contribution in [0.4, 0.5) is 18.9 Å². The number of hydrogen-bond donors (Lipinski definition) is 1. The molecule has 0 amide bonds. The zero-order chi connectivity index (χ0) is 22.2. The Bertz CT molecular complexity index is 1130. The van der Waals surface area contributed by atoms with Crippen LogP contribution in [0.1, 0.15) is 54.8 Å². The van der Waals surface area contributed by atoms with Gasteiger partial charge in [-0.1, -0.05) is 37.3 Å². The molecule has 1 aliphatic rings. The molecule has 2 aromatic carbocycles. The van der Waals surface area contributed by atoms with Gasteiger partial charge in [0.1, 0.15) is 0 Å². The monoisotopic (exact) mass is 426 g/mol. The van der Waals surface area contributed by atoms with Crippen LogP contribution in [0.15, 0.2) is 59.6 Å². The predicted molar refractivity (Wildman–Crippen MR) is 117 cm³/mol. The summed E-state index contributed by atoms with van der Waals surface area (Å²) < 4.78 is 42.1. The molecule has 0 radical (unpaired) electrons. The number of halogens is 3. The molecular weight excluding hydrogens is 401 g/mol. The van der Waals surface area contributed by atoms with Crippen molar-refractivity contribution in [1.29, 1.82) is 0 Å². The third-order valence-corrected chi connectivity index (χ3v) is 6.23. The molecule has 3 nitrogen and oxygen atoms in total. The Morgan fingerprint density at radius 2 is 1.77 bits per heavy atom. The van der Waals surface area contributed by atoms with Gasteiger partial charge in [0.05, 0.1) is 11.2 Å². The van der Waals surface area contributed by atoms with Crippen molar-refractivity contribution in [3.8, 4) is 0 Å². The Morgan fingerprint density at radius 3 is 2.52 bits per heavy atom. The maximum absolute atomic E-state index is 14.0. The van der Waals surface area contributed by atoms with Crippen molar-refractivity contribution in [3.63, 3.8) is 0 Å². The van der Waals surface area contributed by atoms with Gasteiger partial charge in [0.2, 0.25) is 0 Å². The van der Waals surface area contributed by atoms with E-state index in [0.717, 1.165) is 23.2 Å². The van der Waals surface area contributed by atoms with Crippen LogP contribution < -0.4 is 0 Å². The van der Waals surface area contributed by atoms with Gasteiger partial charge in [-0.25, -0.2) is 0 Å². The maximum atomic E-state index is 14.0. The fourth-order valence-electron chi connectivity index (χ4n) is 4.45. The largest absolute Gasteiger partial charge is 0.422 e. The number of aliphatic hydroxyl groups is 1. The van der Waals surface area contributed by atoms with E-state index in [1.54, 1.807) is 30.3 Å². The molecule has 0 spiro atoms. The minimum absolute atomic E-state index is 0.298. The van der Waals surface area contributed by atoms with Crippen LogP contribution in [0.5, 0.6) is 0 Å². The fourth-order valence-corrected chi connectivity index (χ4v) is 4.45. The molecule has 0 fully saturated rings. The van der Waals surface area contributed by atoms with Crippen molar-refractivity contribution >= 4 is 22.8 Å². The number of aliphatic imine (C=N–C) groups is 1. The van der Waals surface area contributed by atoms with E-state index in [2.05, 4.69) is 16.9 Å². The molecule has 0 aliphatic heterocycles. The molecule has 3 unspecified atom stereocenters. The van der Waals surface area contributed by atoms with Gasteiger partial charge >= 0.3 is 6.18 Å². The highest BCUT2D eigenvalue weighted by Gasteiger charge is 2.54. The predicted octanol–water partition coefficient (Wildman–Crippen LogP) is 6.61. The molecule has 31 heavy (non-hydrogen) atoms. The average molecular weight is 426 g/mol. The van der Waals surface area contributed by atoms with Crippen molar-refractivity contribution in [3.05, 3.63) is 71.4 Å². The normalized spacial score (nSPS) is 21.2. The van der Waals surface area contributed by atoms with Gasteiger partial charge in [0.25, 0.3) is 0 Å². The summed E-state index contributed by atoms with van der Waals surface area (Å²) in [5.74, 6) is -0.0888. The molecule has 0 bridgehead atoms. The van der Waals surface area contributed by atoms with Gasteiger partial charge in [0.15, 0.2) is 5.60 Å². The first-order valence-electron chi connectivity index (χ1n) is 10.5. The number of benzene rings is 2. The molecule has 4 rings (SSSR count). The van der Waals surface area contributed by atoms with Crippen LogP contribution >= 0.6 is 0 Å². The minimum atomic E-state index is -4.84. The summed E-state index contributed by atoms with van der Waals surface area (Å²) in [4.78, 5) is 8.50. The second-order valence-corrected chi connectivity index (χ2v) is 8.49. The summed E-state index contributed by atoms with van der Waals surface area (Å²) in [6.45, 7) is 3.93. The fraction of sp³-hybridized carbons (Fsp3) is 0.360. The van der Waals surface area contributed by atoms with Crippen molar-refractivity contribution in [2.45, 2.75) is 56.7 Å². The highest BCUT2D eigenvalue weighted by atomic mass is 19.4. The number of aryl methyl sites for hydroxylation is 1. The van der Waals surface area contributed by atoms with Crippen LogP contribution in [0, 0.1) is 6.92 Å². The van der Waals surface area contributed by atoms with E-state index in [0.29, 0.717) is 35.1 Å². The Balaban J connectivity index is 1.69. The van der Waals surface area contributed by atoms with Crippen LogP contribution in [0.25, 0.3) is 10.9 Å². The van der Waals surface area contributed by atoms with E-state index >= 15 is 0 Å². The quantitative estimate of drug-likeness (QED) is 0.477. The number of alkyl halides is 3. The SMILES string of the molecule is Cc1ccc2c(/N=C/C(O)(CC3CCC(C)c4ccccc43)C(F)(F)F)cccc2n1. The Morgan fingerprint density at radius 1 is 1.03 bits per heavy atom. The van der Waals surface area contributed by atoms with E-state index in [1.807, 2.05) is 31.2 Å². The smallest absolute Gasteiger partial charge is 0.376 e. The lowest BCUT2D eigenvalue weighted by Gasteiger charge is -2.35. The van der Waals surface area contributed by atoms with E-state index in [4.69, 9.17) is 0 Å². The number of fused-ring (bicyclic) bond motifs is 2. The van der Waals surface area contributed by atoms with Gasteiger partial charge in [-0.3, -0.25) is 9.98 Å². The summed E-state index contributed by atoms with van der Waals surface area (Å²) in [5.41, 5.74) is 0.750. The first kappa shape index (κ1) is 21.5. The Kier molecular flexibility index (Phi) is 5.60. The topological polar surface area (TPSA) is 45.5 Å². The zero-order valence-electron chi connectivity index (χ0n) is 17.5. The molecule has 3 atom stereocenters. The molecule has 0 saturated carbocycles. The first-order valence-corrected chi connectivity index (χ1v) is 10.5. The van der Waals surface area contributed by atoms with E-state index in [-0.39, 0.29) is 5.92 Å². The van der Waals surface area contributed by atoms with Crippen molar-refractivity contribution < 1.29 is 18.3 Å². The summed E-state index contributed by atoms with van der Waals surface area (Å²) in [5, 5.41) is 11.4. The Hall–Kier alpha value is -2.73. The van der Waals surface area contributed by atoms with Crippen LogP contribution in [0.2, 0.25) is 0 Å². The summed E-state index contributed by atoms with van der Waals surface area (Å²) in [7, 11) is 0. The molecule has 6 heteroatoms. The second kappa shape index (κ2) is 8.08. The van der Waals surface area contributed by atoms with Gasteiger partial charge in [-0.15, -0.1) is 0 Å². The van der Waals surface area contributed by atoms with Gasteiger partial charge < -0.3 is 5.11 Å². The molecule has 162 valence electrons. The van der Waals surface area contributed by atoms with Gasteiger partial charge in [0, 0.05) is 17.3 Å². The number of aromatic nitrogens is 1. The summed E-state index contributed by atoms with van der Waals surface area (Å²) in [6.07, 6.45) is -3.23. The second-order valence-electron chi connectivity index (χ2n) is 8.49. The van der Waals surface area contributed by atoms with Gasteiger partial charge in [-0.2, -0.15) is 13.2 Å². The third-order valence-electron chi connectivity index (χ3n) is 6.23. The van der Waals surface area contributed by atoms with Crippen molar-refractivity contribution in [2.24, 2.45) is 4.99 Å². The van der Waals surface area contributed by atoms with E-state index < -0.39 is 18.2 Å². The molecule has 1 heterocycles. The highest BCUT2D eigenvalue weighted by molar-refractivity contribution is 5.92. The number of rotatable bonds is 4. The van der Waals surface area contributed by atoms with Crippen molar-refractivity contribution in [2.75, 3.05) is 0 Å². The Labute approximate surface area is 179 Å². The molecule has 1 N–H and O–H groups in total. The lowest BCUT2D eigenvalue weighted by Crippen LogP contribution is -2.48. The minimum Gasteiger partial charge on any atom is -0.376 e. The maximum Gasteiger partial charge on any atom is 0.422 e. The number of nitrogens with zero attached hydrogens (tertiary/aromatic N) is 2. The molecule has 0 saturated heterocycles. The standard InChI is InChI=1S/C25H25F3N2O/c1-16-10-12-18(20-7-4-3-6-19(16)20)14-24(31,25(26,27)28)15-29-22-8-5-9-23-21(22)13-11-17(2)30-23/h3-9,11,13,15-16,18,31H,10,12,14H2,1-2H3/b29-15+. The summed E-state index contributed by atoms with van der Waals surface area (Å²) >= 11 is 0. The van der Waals surface area contributed by atoms with Crippen molar-refractivity contribution in [1.82, 2.24) is 4.98 Å². The number of hydrogen-bond acceptors (Lipinski definition) is 3. The van der Waals surface area contributed by atoms with Gasteiger partial charge in [-0.05, 0) is 73.4 Å². The molecule has 1 aliphatic carbocycles. The summed E-state index contributed by atoms with van der Waals surface area (Å²) in [6, 6.07) is 16.3. The third kappa shape index (κ3) is 4.22. The van der Waals surface area contributed by atoms with E-state index in [1.165, 1.54) is 0 Å². The number of pyridine rings is 1. The van der Waals surface area contributed by atoms with E-state index in [9.17, 15) is 18.3 Å². The highest BCUT2D eigenvalue weighted by Crippen LogP contribution is 2.45. The average Bonchev–Trinajstić information content (AvgIpc) is 2.73. The first-order chi connectivity index (χ1) is 14.7. The lowest BCUT2D eigenvalue weighted by atomic mass is 9.73. The molecule has 1 aromatic heterocycles. The van der Waals surface area contributed by atoms with Crippen LogP contribution in [0.3, 0.4) is 0 Å².